The summed E-state index contributed by atoms with van der Waals surface area (Å²) in [7, 11) is 0. The van der Waals surface area contributed by atoms with Gasteiger partial charge in [0.15, 0.2) is 0 Å². The van der Waals surface area contributed by atoms with Crippen LogP contribution in [0.1, 0.15) is 38.3 Å². The number of thioether (sulfide) groups is 1. The van der Waals surface area contributed by atoms with Crippen molar-refractivity contribution in [1.29, 1.82) is 0 Å². The second-order valence-corrected chi connectivity index (χ2v) is 6.31. The molecule has 0 saturated carbocycles. The number of benzene rings is 1. The van der Waals surface area contributed by atoms with Crippen molar-refractivity contribution in [2.24, 2.45) is 0 Å². The first-order chi connectivity index (χ1) is 9.15. The van der Waals surface area contributed by atoms with Gasteiger partial charge in [0.2, 0.25) is 5.91 Å². The highest BCUT2D eigenvalue weighted by Gasteiger charge is 2.16. The number of hydrogen-bond donors (Lipinski definition) is 2. The molecule has 1 aromatic rings. The molecule has 1 atom stereocenters. The van der Waals surface area contributed by atoms with E-state index in [1.807, 2.05) is 23.9 Å². The zero-order chi connectivity index (χ0) is 13.7. The van der Waals surface area contributed by atoms with Crippen molar-refractivity contribution < 1.29 is 4.79 Å². The van der Waals surface area contributed by atoms with Crippen molar-refractivity contribution in [3.63, 3.8) is 0 Å². The minimum Gasteiger partial charge on any atom is -0.326 e. The molecular formula is C15H22N2OS. The van der Waals surface area contributed by atoms with Gasteiger partial charge in [-0.15, -0.1) is 0 Å². The first kappa shape index (κ1) is 14.4. The lowest BCUT2D eigenvalue weighted by atomic mass is 10.0. The second-order valence-electron chi connectivity index (χ2n) is 5.08. The van der Waals surface area contributed by atoms with E-state index in [0.29, 0.717) is 12.1 Å². The molecule has 1 unspecified atom stereocenters. The molecule has 1 aliphatic heterocycles. The van der Waals surface area contributed by atoms with Gasteiger partial charge in [0.05, 0.1) is 0 Å². The molecule has 2 N–H and O–H groups in total. The van der Waals surface area contributed by atoms with Gasteiger partial charge in [0.1, 0.15) is 0 Å². The lowest BCUT2D eigenvalue weighted by molar-refractivity contribution is -0.114. The van der Waals surface area contributed by atoms with E-state index in [1.165, 1.54) is 36.8 Å². The summed E-state index contributed by atoms with van der Waals surface area (Å²) in [6.07, 6.45) is 2.50. The second kappa shape index (κ2) is 6.96. The number of rotatable bonds is 4. The number of amides is 1. The van der Waals surface area contributed by atoms with E-state index in [2.05, 4.69) is 29.7 Å². The Morgan fingerprint density at radius 2 is 2.11 bits per heavy atom. The van der Waals surface area contributed by atoms with E-state index >= 15 is 0 Å². The topological polar surface area (TPSA) is 41.1 Å². The largest absolute Gasteiger partial charge is 0.326 e. The van der Waals surface area contributed by atoms with Gasteiger partial charge in [-0.3, -0.25) is 4.79 Å². The van der Waals surface area contributed by atoms with Gasteiger partial charge >= 0.3 is 0 Å². The quantitative estimate of drug-likeness (QED) is 0.888. The number of carbonyl (C=O) groups excluding carboxylic acids is 1. The van der Waals surface area contributed by atoms with Gasteiger partial charge in [-0.2, -0.15) is 11.8 Å². The summed E-state index contributed by atoms with van der Waals surface area (Å²) in [6, 6.07) is 9.03. The molecule has 3 nitrogen and oxygen atoms in total. The van der Waals surface area contributed by atoms with Crippen LogP contribution in [0.3, 0.4) is 0 Å². The smallest absolute Gasteiger partial charge is 0.221 e. The fourth-order valence-corrected chi connectivity index (χ4v) is 3.51. The van der Waals surface area contributed by atoms with E-state index < -0.39 is 0 Å². The molecule has 19 heavy (non-hydrogen) atoms. The first-order valence-electron chi connectivity index (χ1n) is 6.86. The summed E-state index contributed by atoms with van der Waals surface area (Å²) in [4.78, 5) is 11.1. The minimum atomic E-state index is -0.0259. The molecule has 4 heteroatoms. The van der Waals surface area contributed by atoms with Gasteiger partial charge in [0.25, 0.3) is 0 Å². The van der Waals surface area contributed by atoms with Gasteiger partial charge in [-0.1, -0.05) is 12.1 Å². The van der Waals surface area contributed by atoms with Crippen LogP contribution in [0.4, 0.5) is 5.69 Å². The fraction of sp³-hybridized carbons (Fsp3) is 0.533. The lowest BCUT2D eigenvalue weighted by Crippen LogP contribution is -2.34. The molecule has 1 aromatic carbocycles. The average molecular weight is 278 g/mol. The molecule has 1 saturated heterocycles. The van der Waals surface area contributed by atoms with Crippen molar-refractivity contribution in [1.82, 2.24) is 5.32 Å². The maximum atomic E-state index is 11.1. The molecule has 0 aromatic heterocycles. The Kier molecular flexibility index (Phi) is 5.28. The van der Waals surface area contributed by atoms with Gasteiger partial charge < -0.3 is 10.6 Å². The van der Waals surface area contributed by atoms with Crippen LogP contribution in [0.25, 0.3) is 0 Å². The van der Waals surface area contributed by atoms with Gasteiger partial charge in [0, 0.05) is 24.7 Å². The lowest BCUT2D eigenvalue weighted by Gasteiger charge is -2.26. The number of anilines is 1. The van der Waals surface area contributed by atoms with Crippen LogP contribution < -0.4 is 10.6 Å². The van der Waals surface area contributed by atoms with Crippen LogP contribution in [0.15, 0.2) is 24.3 Å². The molecule has 0 bridgehead atoms. The summed E-state index contributed by atoms with van der Waals surface area (Å²) < 4.78 is 0. The van der Waals surface area contributed by atoms with E-state index in [-0.39, 0.29) is 5.91 Å². The summed E-state index contributed by atoms with van der Waals surface area (Å²) in [5.41, 5.74) is 2.10. The van der Waals surface area contributed by atoms with Crippen molar-refractivity contribution in [3.05, 3.63) is 29.8 Å². The molecule has 1 fully saturated rings. The third kappa shape index (κ3) is 4.55. The Bertz CT molecular complexity index is 430. The third-order valence-electron chi connectivity index (χ3n) is 3.41. The maximum absolute atomic E-state index is 11.1. The fourth-order valence-electron chi connectivity index (χ4n) is 2.40. The Labute approximate surface area is 119 Å². The SMILES string of the molecule is CC(=O)Nc1cccc(C(C)NC2CCSCC2)c1. The van der Waals surface area contributed by atoms with Crippen LogP contribution in [-0.4, -0.2) is 23.5 Å². The third-order valence-corrected chi connectivity index (χ3v) is 4.46. The molecule has 1 aliphatic rings. The predicted octanol–water partition coefficient (Wildman–Crippen LogP) is 3.19. The Hall–Kier alpha value is -1.00. The normalized spacial score (nSPS) is 18.0. The van der Waals surface area contributed by atoms with Crippen molar-refractivity contribution in [2.75, 3.05) is 16.8 Å². The average Bonchev–Trinajstić information content (AvgIpc) is 2.39. The molecule has 0 aliphatic carbocycles. The monoisotopic (exact) mass is 278 g/mol. The molecule has 1 heterocycles. The standard InChI is InChI=1S/C15H22N2OS/c1-11(16-14-6-8-19-9-7-14)13-4-3-5-15(10-13)17-12(2)18/h3-5,10-11,14,16H,6-9H2,1-2H3,(H,17,18). The van der Waals surface area contributed by atoms with Gasteiger partial charge in [-0.05, 0) is 49.0 Å². The highest BCUT2D eigenvalue weighted by Crippen LogP contribution is 2.22. The number of carbonyl (C=O) groups is 1. The van der Waals surface area contributed by atoms with Gasteiger partial charge in [-0.25, -0.2) is 0 Å². The number of nitrogens with one attached hydrogen (secondary N) is 2. The van der Waals surface area contributed by atoms with E-state index in [4.69, 9.17) is 0 Å². The van der Waals surface area contributed by atoms with Crippen LogP contribution in [-0.2, 0) is 4.79 Å². The first-order valence-corrected chi connectivity index (χ1v) is 8.02. The van der Waals surface area contributed by atoms with Crippen LogP contribution in [0, 0.1) is 0 Å². The highest BCUT2D eigenvalue weighted by atomic mass is 32.2. The molecule has 2 rings (SSSR count). The molecule has 1 amide bonds. The van der Waals surface area contributed by atoms with Crippen LogP contribution >= 0.6 is 11.8 Å². The van der Waals surface area contributed by atoms with E-state index in [9.17, 15) is 4.79 Å². The zero-order valence-corrected chi connectivity index (χ0v) is 12.4. The van der Waals surface area contributed by atoms with Crippen molar-refractivity contribution in [2.45, 2.75) is 38.8 Å². The molecule has 104 valence electrons. The predicted molar refractivity (Wildman–Crippen MR) is 82.6 cm³/mol. The molecule has 0 spiro atoms. The molecular weight excluding hydrogens is 256 g/mol. The van der Waals surface area contributed by atoms with Crippen molar-refractivity contribution in [3.8, 4) is 0 Å². The summed E-state index contributed by atoms with van der Waals surface area (Å²) in [5.74, 6) is 2.49. The van der Waals surface area contributed by atoms with E-state index in [0.717, 1.165) is 5.69 Å². The summed E-state index contributed by atoms with van der Waals surface area (Å²) >= 11 is 2.04. The Balaban J connectivity index is 1.97. The number of hydrogen-bond acceptors (Lipinski definition) is 3. The minimum absolute atomic E-state index is 0.0259. The van der Waals surface area contributed by atoms with Crippen LogP contribution in [0.5, 0.6) is 0 Å². The maximum Gasteiger partial charge on any atom is 0.221 e. The summed E-state index contributed by atoms with van der Waals surface area (Å²) in [6.45, 7) is 3.72. The Morgan fingerprint density at radius 3 is 2.79 bits per heavy atom. The molecule has 0 radical (unpaired) electrons. The van der Waals surface area contributed by atoms with Crippen molar-refractivity contribution >= 4 is 23.4 Å². The Morgan fingerprint density at radius 1 is 1.37 bits per heavy atom. The van der Waals surface area contributed by atoms with Crippen LogP contribution in [0.2, 0.25) is 0 Å². The zero-order valence-electron chi connectivity index (χ0n) is 11.6. The van der Waals surface area contributed by atoms with E-state index in [1.54, 1.807) is 0 Å². The highest BCUT2D eigenvalue weighted by molar-refractivity contribution is 7.99. The summed E-state index contributed by atoms with van der Waals surface area (Å²) in [5, 5.41) is 6.52.